The van der Waals surface area contributed by atoms with E-state index in [1.807, 2.05) is 24.1 Å². The molecule has 0 aliphatic carbocycles. The molecule has 102 valence electrons. The molecule has 4 rings (SSSR count). The van der Waals surface area contributed by atoms with Crippen LogP contribution in [0.5, 0.6) is 0 Å². The van der Waals surface area contributed by atoms with Crippen LogP contribution in [-0.4, -0.2) is 42.6 Å². The standard InChI is InChI=1S/C13H15N7/c1-9-3-17-20(5-9)10-6-19(7-10)13-11-4-16-18(2)12(11)14-8-15-13/h3-5,8,10H,6-7H2,1-2H3. The zero-order valence-corrected chi connectivity index (χ0v) is 11.4. The van der Waals surface area contributed by atoms with E-state index in [9.17, 15) is 0 Å². The molecule has 7 nitrogen and oxygen atoms in total. The van der Waals surface area contributed by atoms with Gasteiger partial charge in [-0.3, -0.25) is 9.36 Å². The van der Waals surface area contributed by atoms with Gasteiger partial charge in [0, 0.05) is 26.3 Å². The van der Waals surface area contributed by atoms with Crippen molar-refractivity contribution < 1.29 is 0 Å². The molecule has 0 atom stereocenters. The predicted molar refractivity (Wildman–Crippen MR) is 74.5 cm³/mol. The Balaban J connectivity index is 1.60. The zero-order chi connectivity index (χ0) is 13.7. The first-order valence-corrected chi connectivity index (χ1v) is 6.61. The van der Waals surface area contributed by atoms with E-state index >= 15 is 0 Å². The maximum absolute atomic E-state index is 4.41. The third kappa shape index (κ3) is 1.59. The normalized spacial score (nSPS) is 15.8. The van der Waals surface area contributed by atoms with Gasteiger partial charge in [-0.25, -0.2) is 9.97 Å². The van der Waals surface area contributed by atoms with E-state index < -0.39 is 0 Å². The van der Waals surface area contributed by atoms with Gasteiger partial charge in [-0.05, 0) is 12.5 Å². The summed E-state index contributed by atoms with van der Waals surface area (Å²) in [6.07, 6.45) is 7.41. The Morgan fingerprint density at radius 3 is 2.75 bits per heavy atom. The van der Waals surface area contributed by atoms with Gasteiger partial charge in [-0.1, -0.05) is 0 Å². The summed E-state index contributed by atoms with van der Waals surface area (Å²) < 4.78 is 3.81. The van der Waals surface area contributed by atoms with Crippen molar-refractivity contribution in [3.05, 3.63) is 30.5 Å². The summed E-state index contributed by atoms with van der Waals surface area (Å²) in [6, 6.07) is 0.422. The van der Waals surface area contributed by atoms with Crippen LogP contribution < -0.4 is 4.90 Å². The van der Waals surface area contributed by atoms with Gasteiger partial charge in [0.1, 0.15) is 12.1 Å². The summed E-state index contributed by atoms with van der Waals surface area (Å²) in [6.45, 7) is 3.90. The quantitative estimate of drug-likeness (QED) is 0.692. The minimum Gasteiger partial charge on any atom is -0.351 e. The maximum Gasteiger partial charge on any atom is 0.163 e. The maximum atomic E-state index is 4.41. The lowest BCUT2D eigenvalue weighted by atomic mass is 10.1. The molecular formula is C13H15N7. The number of rotatable bonds is 2. The number of hydrogen-bond donors (Lipinski definition) is 0. The highest BCUT2D eigenvalue weighted by atomic mass is 15.4. The summed E-state index contributed by atoms with van der Waals surface area (Å²) in [4.78, 5) is 10.9. The van der Waals surface area contributed by atoms with Gasteiger partial charge in [0.05, 0.1) is 23.8 Å². The second kappa shape index (κ2) is 4.03. The zero-order valence-electron chi connectivity index (χ0n) is 11.4. The van der Waals surface area contributed by atoms with Gasteiger partial charge in [0.25, 0.3) is 0 Å². The highest BCUT2D eigenvalue weighted by Crippen LogP contribution is 2.30. The molecular weight excluding hydrogens is 254 g/mol. The van der Waals surface area contributed by atoms with E-state index in [1.54, 1.807) is 11.0 Å². The molecule has 0 bridgehead atoms. The molecule has 0 spiro atoms. The number of fused-ring (bicyclic) bond motifs is 1. The Bertz CT molecular complexity index is 766. The number of aryl methyl sites for hydroxylation is 2. The molecule has 1 saturated heterocycles. The molecule has 0 amide bonds. The molecule has 1 fully saturated rings. The lowest BCUT2D eigenvalue weighted by Crippen LogP contribution is -2.48. The van der Waals surface area contributed by atoms with Crippen molar-refractivity contribution in [2.45, 2.75) is 13.0 Å². The molecule has 4 heterocycles. The first-order chi connectivity index (χ1) is 9.72. The fourth-order valence-electron chi connectivity index (χ4n) is 2.63. The topological polar surface area (TPSA) is 64.7 Å². The van der Waals surface area contributed by atoms with Gasteiger partial charge in [-0.15, -0.1) is 0 Å². The van der Waals surface area contributed by atoms with Crippen LogP contribution >= 0.6 is 0 Å². The summed E-state index contributed by atoms with van der Waals surface area (Å²) in [7, 11) is 1.89. The van der Waals surface area contributed by atoms with E-state index in [0.717, 1.165) is 29.9 Å². The monoisotopic (exact) mass is 269 g/mol. The summed E-state index contributed by atoms with van der Waals surface area (Å²) >= 11 is 0. The third-order valence-electron chi connectivity index (χ3n) is 3.77. The molecule has 7 heteroatoms. The van der Waals surface area contributed by atoms with Gasteiger partial charge >= 0.3 is 0 Å². The van der Waals surface area contributed by atoms with Crippen LogP contribution in [0.3, 0.4) is 0 Å². The van der Waals surface area contributed by atoms with Gasteiger partial charge in [0.2, 0.25) is 0 Å². The predicted octanol–water partition coefficient (Wildman–Crippen LogP) is 0.930. The average molecular weight is 269 g/mol. The molecule has 0 aromatic carbocycles. The van der Waals surface area contributed by atoms with E-state index in [2.05, 4.69) is 38.2 Å². The van der Waals surface area contributed by atoms with Crippen molar-refractivity contribution in [1.29, 1.82) is 0 Å². The lowest BCUT2D eigenvalue weighted by molar-refractivity contribution is 0.366. The molecule has 1 aliphatic rings. The molecule has 1 aliphatic heterocycles. The minimum absolute atomic E-state index is 0.422. The van der Waals surface area contributed by atoms with Crippen molar-refractivity contribution in [3.63, 3.8) is 0 Å². The van der Waals surface area contributed by atoms with Gasteiger partial charge in [-0.2, -0.15) is 10.2 Å². The van der Waals surface area contributed by atoms with E-state index in [1.165, 1.54) is 5.56 Å². The van der Waals surface area contributed by atoms with Crippen molar-refractivity contribution in [2.75, 3.05) is 18.0 Å². The van der Waals surface area contributed by atoms with Crippen LogP contribution in [0, 0.1) is 6.92 Å². The van der Waals surface area contributed by atoms with Crippen LogP contribution in [0.25, 0.3) is 11.0 Å². The first kappa shape index (κ1) is 11.4. The van der Waals surface area contributed by atoms with Crippen LogP contribution in [-0.2, 0) is 7.05 Å². The summed E-state index contributed by atoms with van der Waals surface area (Å²) in [5.74, 6) is 0.961. The van der Waals surface area contributed by atoms with E-state index in [4.69, 9.17) is 0 Å². The summed E-state index contributed by atoms with van der Waals surface area (Å²) in [5.41, 5.74) is 2.06. The molecule has 0 N–H and O–H groups in total. The Morgan fingerprint density at radius 2 is 2.00 bits per heavy atom. The lowest BCUT2D eigenvalue weighted by Gasteiger charge is -2.40. The van der Waals surface area contributed by atoms with Crippen LogP contribution in [0.1, 0.15) is 11.6 Å². The molecule has 20 heavy (non-hydrogen) atoms. The Labute approximate surface area is 115 Å². The highest BCUT2D eigenvalue weighted by molar-refractivity contribution is 5.87. The van der Waals surface area contributed by atoms with Crippen LogP contribution in [0.2, 0.25) is 0 Å². The van der Waals surface area contributed by atoms with Crippen molar-refractivity contribution in [1.82, 2.24) is 29.5 Å². The van der Waals surface area contributed by atoms with E-state index in [0.29, 0.717) is 6.04 Å². The largest absolute Gasteiger partial charge is 0.351 e. The molecule has 0 saturated carbocycles. The Kier molecular flexibility index (Phi) is 2.29. The Hall–Kier alpha value is -2.44. The molecule has 3 aromatic rings. The number of anilines is 1. The average Bonchev–Trinajstić information content (AvgIpc) is 2.96. The second-order valence-electron chi connectivity index (χ2n) is 5.26. The second-order valence-corrected chi connectivity index (χ2v) is 5.26. The van der Waals surface area contributed by atoms with Crippen LogP contribution in [0.15, 0.2) is 24.9 Å². The Morgan fingerprint density at radius 1 is 1.15 bits per heavy atom. The number of aromatic nitrogens is 6. The molecule has 3 aromatic heterocycles. The van der Waals surface area contributed by atoms with Crippen molar-refractivity contribution in [3.8, 4) is 0 Å². The number of hydrogen-bond acceptors (Lipinski definition) is 5. The van der Waals surface area contributed by atoms with Crippen molar-refractivity contribution >= 4 is 16.9 Å². The van der Waals surface area contributed by atoms with Crippen molar-refractivity contribution in [2.24, 2.45) is 7.05 Å². The third-order valence-corrected chi connectivity index (χ3v) is 3.77. The van der Waals surface area contributed by atoms with E-state index in [-0.39, 0.29) is 0 Å². The fraction of sp³-hybridized carbons (Fsp3) is 0.385. The summed E-state index contributed by atoms with van der Waals surface area (Å²) in [5, 5.41) is 9.63. The SMILES string of the molecule is Cc1cnn(C2CN(c3ncnc4c3cnn4C)C2)c1. The smallest absolute Gasteiger partial charge is 0.163 e. The van der Waals surface area contributed by atoms with Crippen LogP contribution in [0.4, 0.5) is 5.82 Å². The molecule has 0 unspecified atom stereocenters. The fourth-order valence-corrected chi connectivity index (χ4v) is 2.63. The first-order valence-electron chi connectivity index (χ1n) is 6.61. The van der Waals surface area contributed by atoms with Gasteiger partial charge < -0.3 is 4.90 Å². The molecule has 0 radical (unpaired) electrons. The minimum atomic E-state index is 0.422. The number of nitrogens with zero attached hydrogens (tertiary/aromatic N) is 7. The van der Waals surface area contributed by atoms with Gasteiger partial charge in [0.15, 0.2) is 5.65 Å². The highest BCUT2D eigenvalue weighted by Gasteiger charge is 2.31.